The van der Waals surface area contributed by atoms with Gasteiger partial charge in [0, 0.05) is 49.6 Å². The van der Waals surface area contributed by atoms with Crippen molar-refractivity contribution < 1.29 is 14.6 Å². The number of aromatic nitrogens is 1. The molecular formula is C20H23N3O3S2. The molecule has 0 amide bonds. The lowest BCUT2D eigenvalue weighted by Gasteiger charge is -2.26. The SMILES string of the molecule is COc1ccc2c(c1)N=C/C2=C/c1sc(=S)n(CCCN2CCOCC2)c1O. The fourth-order valence-corrected chi connectivity index (χ4v) is 4.75. The molecule has 0 bridgehead atoms. The standard InChI is InChI=1S/C20H23N3O3S2/c1-25-15-3-4-16-14(13-21-17(16)12-15)11-18-19(24)23(20(27)28-18)6-2-5-22-7-9-26-10-8-22/h3-4,11-13,24H,2,5-10H2,1H3/b14-11-. The first-order valence-corrected chi connectivity index (χ1v) is 10.5. The molecule has 4 rings (SSSR count). The Bertz CT molecular complexity index is 972. The predicted molar refractivity (Wildman–Crippen MR) is 116 cm³/mol. The van der Waals surface area contributed by atoms with Crippen LogP contribution in [0.15, 0.2) is 23.2 Å². The number of aliphatic imine (C=N–C) groups is 1. The van der Waals surface area contributed by atoms with Crippen LogP contribution in [-0.2, 0) is 11.3 Å². The molecule has 0 saturated carbocycles. The Balaban J connectivity index is 1.48. The Kier molecular flexibility index (Phi) is 5.91. The first-order valence-electron chi connectivity index (χ1n) is 9.32. The minimum absolute atomic E-state index is 0.236. The van der Waals surface area contributed by atoms with Crippen LogP contribution in [0, 0.1) is 3.95 Å². The summed E-state index contributed by atoms with van der Waals surface area (Å²) in [5.74, 6) is 1.02. The second-order valence-electron chi connectivity index (χ2n) is 6.76. The Hall–Kier alpha value is -2.00. The maximum absolute atomic E-state index is 10.7. The zero-order chi connectivity index (χ0) is 19.5. The minimum atomic E-state index is 0.236. The summed E-state index contributed by atoms with van der Waals surface area (Å²) in [5, 5.41) is 10.7. The van der Waals surface area contributed by atoms with Gasteiger partial charge in [-0.25, -0.2) is 0 Å². The van der Waals surface area contributed by atoms with E-state index >= 15 is 0 Å². The summed E-state index contributed by atoms with van der Waals surface area (Å²) in [6, 6.07) is 5.81. The average Bonchev–Trinajstić information content (AvgIpc) is 3.24. The van der Waals surface area contributed by atoms with Crippen LogP contribution in [0.1, 0.15) is 16.9 Å². The van der Waals surface area contributed by atoms with Gasteiger partial charge in [-0.2, -0.15) is 0 Å². The van der Waals surface area contributed by atoms with E-state index in [1.54, 1.807) is 7.11 Å². The number of hydrogen-bond acceptors (Lipinski definition) is 7. The van der Waals surface area contributed by atoms with Crippen LogP contribution >= 0.6 is 23.6 Å². The highest BCUT2D eigenvalue weighted by molar-refractivity contribution is 7.73. The zero-order valence-corrected chi connectivity index (χ0v) is 17.4. The van der Waals surface area contributed by atoms with Crippen molar-refractivity contribution in [1.29, 1.82) is 0 Å². The van der Waals surface area contributed by atoms with Crippen LogP contribution in [0.2, 0.25) is 0 Å². The van der Waals surface area contributed by atoms with Gasteiger partial charge >= 0.3 is 0 Å². The number of hydrogen-bond donors (Lipinski definition) is 1. The summed E-state index contributed by atoms with van der Waals surface area (Å²) in [6.45, 7) is 5.25. The number of thiazole rings is 1. The molecule has 1 N–H and O–H groups in total. The van der Waals surface area contributed by atoms with Gasteiger partial charge in [-0.3, -0.25) is 14.5 Å². The van der Waals surface area contributed by atoms with E-state index in [1.807, 2.05) is 35.1 Å². The molecule has 0 unspecified atom stereocenters. The van der Waals surface area contributed by atoms with Crippen molar-refractivity contribution in [2.24, 2.45) is 4.99 Å². The lowest BCUT2D eigenvalue weighted by atomic mass is 10.1. The molecule has 0 atom stereocenters. The van der Waals surface area contributed by atoms with E-state index in [1.165, 1.54) is 11.3 Å². The highest BCUT2D eigenvalue weighted by atomic mass is 32.1. The van der Waals surface area contributed by atoms with Gasteiger partial charge in [0.05, 0.1) is 30.9 Å². The predicted octanol–water partition coefficient (Wildman–Crippen LogP) is 3.97. The lowest BCUT2D eigenvalue weighted by molar-refractivity contribution is 0.0368. The molecule has 1 fully saturated rings. The number of benzene rings is 1. The van der Waals surface area contributed by atoms with Crippen molar-refractivity contribution in [3.05, 3.63) is 32.6 Å². The molecule has 0 radical (unpaired) electrons. The number of fused-ring (bicyclic) bond motifs is 1. The lowest BCUT2D eigenvalue weighted by Crippen LogP contribution is -2.37. The summed E-state index contributed by atoms with van der Waals surface area (Å²) in [6.07, 6.45) is 4.71. The number of methoxy groups -OCH3 is 1. The highest BCUT2D eigenvalue weighted by Gasteiger charge is 2.17. The van der Waals surface area contributed by atoms with Crippen molar-refractivity contribution in [2.45, 2.75) is 13.0 Å². The monoisotopic (exact) mass is 417 g/mol. The van der Waals surface area contributed by atoms with Crippen molar-refractivity contribution in [3.8, 4) is 11.6 Å². The van der Waals surface area contributed by atoms with Gasteiger partial charge in [-0.1, -0.05) is 0 Å². The highest BCUT2D eigenvalue weighted by Crippen LogP contribution is 2.37. The first-order chi connectivity index (χ1) is 13.7. The number of ether oxygens (including phenoxy) is 2. The molecule has 2 aliphatic heterocycles. The van der Waals surface area contributed by atoms with Crippen LogP contribution in [0.4, 0.5) is 5.69 Å². The molecule has 0 aliphatic carbocycles. The third kappa shape index (κ3) is 4.05. The van der Waals surface area contributed by atoms with Crippen molar-refractivity contribution in [3.63, 3.8) is 0 Å². The van der Waals surface area contributed by atoms with Gasteiger partial charge in [0.15, 0.2) is 3.95 Å². The first kappa shape index (κ1) is 19.3. The van der Waals surface area contributed by atoms with Gasteiger partial charge < -0.3 is 14.6 Å². The molecule has 2 aromatic rings. The number of nitrogens with zero attached hydrogens (tertiary/aromatic N) is 3. The molecule has 3 heterocycles. The van der Waals surface area contributed by atoms with Crippen LogP contribution in [0.5, 0.6) is 11.6 Å². The molecule has 6 nitrogen and oxygen atoms in total. The summed E-state index contributed by atoms with van der Waals surface area (Å²) in [7, 11) is 1.64. The van der Waals surface area contributed by atoms with E-state index in [9.17, 15) is 5.11 Å². The van der Waals surface area contributed by atoms with Gasteiger partial charge in [0.1, 0.15) is 5.75 Å². The van der Waals surface area contributed by atoms with E-state index in [2.05, 4.69) is 9.89 Å². The van der Waals surface area contributed by atoms with Gasteiger partial charge in [0.25, 0.3) is 0 Å². The third-order valence-corrected chi connectivity index (χ3v) is 6.38. The third-order valence-electron chi connectivity index (χ3n) is 5.00. The molecule has 0 spiro atoms. The Labute approximate surface area is 173 Å². The van der Waals surface area contributed by atoms with E-state index < -0.39 is 0 Å². The number of morpholine rings is 1. The Morgan fingerprint density at radius 1 is 1.32 bits per heavy atom. The molecule has 8 heteroatoms. The van der Waals surface area contributed by atoms with Crippen LogP contribution in [0.25, 0.3) is 11.6 Å². The smallest absolute Gasteiger partial charge is 0.210 e. The van der Waals surface area contributed by atoms with E-state index in [-0.39, 0.29) is 5.88 Å². The second-order valence-corrected chi connectivity index (χ2v) is 8.43. The number of rotatable bonds is 6. The van der Waals surface area contributed by atoms with Crippen LogP contribution in [-0.4, -0.2) is 60.7 Å². The maximum atomic E-state index is 10.7. The van der Waals surface area contributed by atoms with E-state index in [0.717, 1.165) is 66.7 Å². The van der Waals surface area contributed by atoms with Gasteiger partial charge in [-0.15, -0.1) is 11.3 Å². The molecule has 1 aromatic heterocycles. The van der Waals surface area contributed by atoms with Crippen LogP contribution in [0.3, 0.4) is 0 Å². The topological polar surface area (TPSA) is 59.2 Å². The molecule has 1 aromatic carbocycles. The fourth-order valence-electron chi connectivity index (χ4n) is 3.44. The minimum Gasteiger partial charge on any atom is -0.497 e. The van der Waals surface area contributed by atoms with Gasteiger partial charge in [-0.05, 0) is 36.8 Å². The fraction of sp³-hybridized carbons (Fsp3) is 0.400. The largest absolute Gasteiger partial charge is 0.497 e. The second kappa shape index (κ2) is 8.57. The van der Waals surface area contributed by atoms with E-state index in [0.29, 0.717) is 10.5 Å². The Morgan fingerprint density at radius 3 is 2.93 bits per heavy atom. The van der Waals surface area contributed by atoms with Crippen molar-refractivity contribution >= 4 is 47.1 Å². The molecule has 1 saturated heterocycles. The molecule has 2 aliphatic rings. The summed E-state index contributed by atoms with van der Waals surface area (Å²) < 4.78 is 13.2. The average molecular weight is 418 g/mol. The molecular weight excluding hydrogens is 394 g/mol. The normalized spacial score (nSPS) is 18.0. The summed E-state index contributed by atoms with van der Waals surface area (Å²) >= 11 is 6.92. The van der Waals surface area contributed by atoms with Crippen molar-refractivity contribution in [1.82, 2.24) is 9.47 Å². The summed E-state index contributed by atoms with van der Waals surface area (Å²) in [5.41, 5.74) is 2.86. The van der Waals surface area contributed by atoms with Gasteiger partial charge in [0.2, 0.25) is 5.88 Å². The summed E-state index contributed by atoms with van der Waals surface area (Å²) in [4.78, 5) is 7.60. The number of allylic oxidation sites excluding steroid dienone is 1. The molecule has 28 heavy (non-hydrogen) atoms. The van der Waals surface area contributed by atoms with Crippen LogP contribution < -0.4 is 4.74 Å². The Morgan fingerprint density at radius 2 is 2.14 bits per heavy atom. The van der Waals surface area contributed by atoms with Crippen molar-refractivity contribution in [2.75, 3.05) is 40.0 Å². The van der Waals surface area contributed by atoms with E-state index in [4.69, 9.17) is 21.7 Å². The quantitative estimate of drug-likeness (QED) is 0.721. The zero-order valence-electron chi connectivity index (χ0n) is 15.8. The maximum Gasteiger partial charge on any atom is 0.210 e. The molecule has 148 valence electrons. The number of aromatic hydroxyl groups is 1.